The fourth-order valence-electron chi connectivity index (χ4n) is 1.97. The number of rotatable bonds is 8. The van der Waals surface area contributed by atoms with E-state index in [0.717, 1.165) is 10.7 Å². The molecule has 7 heteroatoms. The van der Waals surface area contributed by atoms with Gasteiger partial charge in [-0.3, -0.25) is 9.69 Å². The second kappa shape index (κ2) is 8.03. The summed E-state index contributed by atoms with van der Waals surface area (Å²) in [6.45, 7) is 4.67. The highest BCUT2D eigenvalue weighted by Crippen LogP contribution is 2.17. The van der Waals surface area contributed by atoms with Crippen LogP contribution >= 0.6 is 11.3 Å². The van der Waals surface area contributed by atoms with Gasteiger partial charge in [-0.15, -0.1) is 11.3 Å². The summed E-state index contributed by atoms with van der Waals surface area (Å²) in [5, 5.41) is 11.6. The molecule has 0 unspecified atom stereocenters. The number of nitrogens with zero attached hydrogens (tertiary/aromatic N) is 2. The zero-order valence-electron chi connectivity index (χ0n) is 13.0. The van der Waals surface area contributed by atoms with Crippen molar-refractivity contribution in [2.45, 2.75) is 33.0 Å². The van der Waals surface area contributed by atoms with Crippen LogP contribution in [0.1, 0.15) is 24.5 Å². The van der Waals surface area contributed by atoms with E-state index in [4.69, 9.17) is 9.84 Å². The molecule has 0 aliphatic heterocycles. The molecule has 0 amide bonds. The van der Waals surface area contributed by atoms with Gasteiger partial charge in [0.05, 0.1) is 12.2 Å². The first kappa shape index (κ1) is 17.4. The summed E-state index contributed by atoms with van der Waals surface area (Å²) in [7, 11) is 0. The average Bonchev–Trinajstić information content (AvgIpc) is 2.93. The molecule has 0 fully saturated rings. The topological polar surface area (TPSA) is 62.7 Å². The van der Waals surface area contributed by atoms with E-state index < -0.39 is 5.97 Å². The van der Waals surface area contributed by atoms with Crippen LogP contribution in [0.3, 0.4) is 0 Å². The Kier molecular flexibility index (Phi) is 6.06. The summed E-state index contributed by atoms with van der Waals surface area (Å²) in [6.07, 6.45) is 0. The molecule has 23 heavy (non-hydrogen) atoms. The molecule has 2 rings (SSSR count). The Labute approximate surface area is 138 Å². The number of hydrogen-bond acceptors (Lipinski definition) is 5. The third-order valence-electron chi connectivity index (χ3n) is 3.21. The van der Waals surface area contributed by atoms with E-state index >= 15 is 0 Å². The molecule has 0 spiro atoms. The smallest absolute Gasteiger partial charge is 0.317 e. The first-order valence-electron chi connectivity index (χ1n) is 7.21. The number of aromatic nitrogens is 1. The van der Waals surface area contributed by atoms with Crippen molar-refractivity contribution in [3.63, 3.8) is 0 Å². The fourth-order valence-corrected chi connectivity index (χ4v) is 2.66. The molecule has 2 aromatic rings. The molecule has 0 atom stereocenters. The molecule has 1 aromatic carbocycles. The van der Waals surface area contributed by atoms with E-state index in [1.807, 2.05) is 24.1 Å². The maximum absolute atomic E-state index is 12.8. The van der Waals surface area contributed by atoms with Crippen LogP contribution in [-0.4, -0.2) is 33.5 Å². The van der Waals surface area contributed by atoms with Gasteiger partial charge in [0, 0.05) is 18.0 Å². The zero-order chi connectivity index (χ0) is 16.8. The Bertz CT molecular complexity index is 643. The van der Waals surface area contributed by atoms with Crippen LogP contribution in [-0.2, 0) is 17.9 Å². The number of hydrogen-bond donors (Lipinski definition) is 1. The SMILES string of the molecule is CC(C)N(CC(=O)O)Cc1csc(COc2ccc(F)cc2)n1. The van der Waals surface area contributed by atoms with Crippen LogP contribution in [0.25, 0.3) is 0 Å². The number of carboxylic acid groups (broad SMARTS) is 1. The highest BCUT2D eigenvalue weighted by molar-refractivity contribution is 7.09. The number of carbonyl (C=O) groups is 1. The highest BCUT2D eigenvalue weighted by atomic mass is 32.1. The molecule has 0 radical (unpaired) electrons. The van der Waals surface area contributed by atoms with Gasteiger partial charge in [-0.25, -0.2) is 9.37 Å². The molecule has 0 bridgehead atoms. The van der Waals surface area contributed by atoms with Crippen molar-refractivity contribution in [2.24, 2.45) is 0 Å². The quantitative estimate of drug-likeness (QED) is 0.801. The fraction of sp³-hybridized carbons (Fsp3) is 0.375. The Balaban J connectivity index is 1.91. The third-order valence-corrected chi connectivity index (χ3v) is 4.08. The summed E-state index contributed by atoms with van der Waals surface area (Å²) in [5.41, 5.74) is 0.822. The lowest BCUT2D eigenvalue weighted by Gasteiger charge is -2.23. The summed E-state index contributed by atoms with van der Waals surface area (Å²) < 4.78 is 18.4. The molecule has 1 N–H and O–H groups in total. The third kappa shape index (κ3) is 5.61. The van der Waals surface area contributed by atoms with Crippen molar-refractivity contribution in [1.29, 1.82) is 0 Å². The lowest BCUT2D eigenvalue weighted by Crippen LogP contribution is -2.35. The predicted octanol–water partition coefficient (Wildman–Crippen LogP) is 3.16. The van der Waals surface area contributed by atoms with Crippen molar-refractivity contribution in [1.82, 2.24) is 9.88 Å². The lowest BCUT2D eigenvalue weighted by atomic mass is 10.3. The maximum atomic E-state index is 12.8. The Morgan fingerprint density at radius 3 is 2.70 bits per heavy atom. The van der Waals surface area contributed by atoms with E-state index in [9.17, 15) is 9.18 Å². The summed E-state index contributed by atoms with van der Waals surface area (Å²) >= 11 is 1.46. The first-order valence-corrected chi connectivity index (χ1v) is 8.09. The van der Waals surface area contributed by atoms with Crippen LogP contribution in [0.5, 0.6) is 5.75 Å². The molecular weight excluding hydrogens is 319 g/mol. The zero-order valence-corrected chi connectivity index (χ0v) is 13.8. The summed E-state index contributed by atoms with van der Waals surface area (Å²) in [6, 6.07) is 5.94. The average molecular weight is 338 g/mol. The van der Waals surface area contributed by atoms with Gasteiger partial charge >= 0.3 is 5.97 Å². The van der Waals surface area contributed by atoms with Crippen LogP contribution < -0.4 is 4.74 Å². The van der Waals surface area contributed by atoms with Gasteiger partial charge in [-0.1, -0.05) is 0 Å². The van der Waals surface area contributed by atoms with Crippen LogP contribution in [0.2, 0.25) is 0 Å². The number of carboxylic acids is 1. The number of ether oxygens (including phenoxy) is 1. The lowest BCUT2D eigenvalue weighted by molar-refractivity contribution is -0.138. The van der Waals surface area contributed by atoms with Crippen LogP contribution in [0.4, 0.5) is 4.39 Å². The van der Waals surface area contributed by atoms with Crippen molar-refractivity contribution in [2.75, 3.05) is 6.54 Å². The Morgan fingerprint density at radius 1 is 1.39 bits per heavy atom. The van der Waals surface area contributed by atoms with E-state index in [-0.39, 0.29) is 18.4 Å². The maximum Gasteiger partial charge on any atom is 0.317 e. The molecule has 1 aromatic heterocycles. The molecule has 5 nitrogen and oxygen atoms in total. The molecular formula is C16H19FN2O3S. The van der Waals surface area contributed by atoms with Gasteiger partial charge in [0.2, 0.25) is 0 Å². The first-order chi connectivity index (χ1) is 10.9. The molecule has 0 saturated heterocycles. The molecule has 0 saturated carbocycles. The predicted molar refractivity (Wildman–Crippen MR) is 86.0 cm³/mol. The van der Waals surface area contributed by atoms with Crippen molar-refractivity contribution >= 4 is 17.3 Å². The van der Waals surface area contributed by atoms with Gasteiger partial charge in [0.25, 0.3) is 0 Å². The van der Waals surface area contributed by atoms with E-state index in [2.05, 4.69) is 4.98 Å². The normalized spacial score (nSPS) is 11.2. The monoisotopic (exact) mass is 338 g/mol. The number of aliphatic carboxylic acids is 1. The van der Waals surface area contributed by atoms with Crippen molar-refractivity contribution in [3.05, 3.63) is 46.2 Å². The van der Waals surface area contributed by atoms with Crippen LogP contribution in [0.15, 0.2) is 29.6 Å². The van der Waals surface area contributed by atoms with Crippen LogP contribution in [0, 0.1) is 5.82 Å². The van der Waals surface area contributed by atoms with Gasteiger partial charge in [-0.05, 0) is 38.1 Å². The summed E-state index contributed by atoms with van der Waals surface area (Å²) in [4.78, 5) is 17.2. The minimum Gasteiger partial charge on any atom is -0.486 e. The van der Waals surface area contributed by atoms with Crippen molar-refractivity contribution < 1.29 is 19.0 Å². The van der Waals surface area contributed by atoms with Crippen molar-refractivity contribution in [3.8, 4) is 5.75 Å². The van der Waals surface area contributed by atoms with Gasteiger partial charge in [0.1, 0.15) is 23.2 Å². The Hall–Kier alpha value is -1.99. The van der Waals surface area contributed by atoms with Gasteiger partial charge in [-0.2, -0.15) is 0 Å². The van der Waals surface area contributed by atoms with Gasteiger partial charge < -0.3 is 9.84 Å². The molecule has 0 aliphatic rings. The minimum atomic E-state index is -0.853. The summed E-state index contributed by atoms with van der Waals surface area (Å²) in [5.74, 6) is -0.576. The molecule has 0 aliphatic carbocycles. The molecule has 124 valence electrons. The largest absolute Gasteiger partial charge is 0.486 e. The van der Waals surface area contributed by atoms with Gasteiger partial charge in [0.15, 0.2) is 0 Å². The highest BCUT2D eigenvalue weighted by Gasteiger charge is 2.15. The second-order valence-electron chi connectivity index (χ2n) is 5.37. The van der Waals surface area contributed by atoms with E-state index in [0.29, 0.717) is 18.9 Å². The van der Waals surface area contributed by atoms with E-state index in [1.165, 1.54) is 23.5 Å². The molecule has 1 heterocycles. The second-order valence-corrected chi connectivity index (χ2v) is 6.31. The number of thiazole rings is 1. The number of benzene rings is 1. The number of halogens is 1. The van der Waals surface area contributed by atoms with E-state index in [1.54, 1.807) is 12.1 Å². The Morgan fingerprint density at radius 2 is 2.09 bits per heavy atom. The standard InChI is InChI=1S/C16H19FN2O3S/c1-11(2)19(8-16(20)21)7-13-10-23-15(18-13)9-22-14-5-3-12(17)4-6-14/h3-6,10-11H,7-9H2,1-2H3,(H,20,21). The minimum absolute atomic E-state index is 0.0173.